The summed E-state index contributed by atoms with van der Waals surface area (Å²) in [6.45, 7) is 1.71. The van der Waals surface area contributed by atoms with Crippen molar-refractivity contribution >= 4 is 46.6 Å². The van der Waals surface area contributed by atoms with Crippen molar-refractivity contribution in [1.29, 1.82) is 0 Å². The van der Waals surface area contributed by atoms with Gasteiger partial charge in [0.1, 0.15) is 0 Å². The average molecular weight is 308 g/mol. The van der Waals surface area contributed by atoms with Crippen LogP contribution in [-0.2, 0) is 0 Å². The fourth-order valence-corrected chi connectivity index (χ4v) is 2.10. The van der Waals surface area contributed by atoms with Crippen LogP contribution in [0.2, 0.25) is 0 Å². The van der Waals surface area contributed by atoms with E-state index in [4.69, 9.17) is 34.8 Å². The van der Waals surface area contributed by atoms with Crippen LogP contribution in [0.5, 0.6) is 0 Å². The molecule has 0 rings (SSSR count). The first kappa shape index (κ1) is 15.5. The van der Waals surface area contributed by atoms with Crippen LogP contribution < -0.4 is 0 Å². The Morgan fingerprint density at radius 3 is 2.00 bits per heavy atom. The van der Waals surface area contributed by atoms with E-state index in [1.165, 1.54) is 0 Å². The number of allylic oxidation sites excluding steroid dienone is 1. The third-order valence-electron chi connectivity index (χ3n) is 1.19. The molecule has 90 valence electrons. The first-order chi connectivity index (χ1) is 7.32. The first-order valence-corrected chi connectivity index (χ1v) is 5.81. The van der Waals surface area contributed by atoms with Crippen LogP contribution in [0.3, 0.4) is 0 Å². The van der Waals surface area contributed by atoms with Gasteiger partial charge in [-0.15, -0.1) is 11.8 Å². The Labute approximate surface area is 110 Å². The Kier molecular flexibility index (Phi) is 6.73. The lowest BCUT2D eigenvalue weighted by Crippen LogP contribution is -2.05. The van der Waals surface area contributed by atoms with E-state index >= 15 is 0 Å². The molecule has 0 fully saturated rings. The van der Waals surface area contributed by atoms with Gasteiger partial charge in [-0.05, 0) is 17.4 Å². The molecule has 0 aromatic carbocycles. The molecule has 0 bridgehead atoms. The van der Waals surface area contributed by atoms with E-state index in [-0.39, 0.29) is 4.36 Å². The van der Waals surface area contributed by atoms with Gasteiger partial charge in [-0.25, -0.2) is 0 Å². The monoisotopic (exact) mass is 306 g/mol. The third-order valence-corrected chi connectivity index (χ3v) is 3.21. The molecule has 10 heteroatoms. The molecule has 16 heavy (non-hydrogen) atoms. The van der Waals surface area contributed by atoms with E-state index in [0.717, 1.165) is 11.8 Å². The summed E-state index contributed by atoms with van der Waals surface area (Å²) in [4.78, 5) is 19.0. The van der Waals surface area contributed by atoms with Crippen LogP contribution in [-0.4, -0.2) is 15.6 Å². The van der Waals surface area contributed by atoms with Gasteiger partial charge in [-0.1, -0.05) is 30.1 Å². The zero-order valence-corrected chi connectivity index (χ0v) is 10.9. The zero-order valence-electron chi connectivity index (χ0n) is 7.78. The highest BCUT2D eigenvalue weighted by atomic mass is 35.5. The lowest BCUT2D eigenvalue weighted by molar-refractivity contribution is -0.428. The normalized spacial score (nSPS) is 14.0. The van der Waals surface area contributed by atoms with E-state index in [1.54, 1.807) is 6.92 Å². The molecule has 0 saturated heterocycles. The highest BCUT2D eigenvalue weighted by molar-refractivity contribution is 8.04. The van der Waals surface area contributed by atoms with Gasteiger partial charge in [0.2, 0.25) is 5.03 Å². The Balaban J connectivity index is 5.57. The van der Waals surface area contributed by atoms with Gasteiger partial charge >= 0.3 is 10.9 Å². The lowest BCUT2D eigenvalue weighted by Gasteiger charge is -1.99. The molecule has 0 heterocycles. The van der Waals surface area contributed by atoms with Crippen LogP contribution in [0.25, 0.3) is 0 Å². The molecule has 6 nitrogen and oxygen atoms in total. The van der Waals surface area contributed by atoms with Crippen LogP contribution in [0.1, 0.15) is 6.92 Å². The molecule has 0 aliphatic carbocycles. The smallest absolute Gasteiger partial charge is 0.258 e. The number of rotatable bonds is 5. The Hall–Kier alpha value is -0.500. The van der Waals surface area contributed by atoms with E-state index < -0.39 is 25.7 Å². The summed E-state index contributed by atoms with van der Waals surface area (Å²) in [6, 6.07) is 0. The maximum absolute atomic E-state index is 10.6. The second-order valence-corrected chi connectivity index (χ2v) is 4.79. The molecule has 0 unspecified atom stereocenters. The van der Waals surface area contributed by atoms with E-state index in [9.17, 15) is 20.2 Å². The van der Waals surface area contributed by atoms with Crippen molar-refractivity contribution in [2.75, 3.05) is 5.75 Å². The molecule has 0 amide bonds. The van der Waals surface area contributed by atoms with E-state index in [2.05, 4.69) is 0 Å². The van der Waals surface area contributed by atoms with Crippen molar-refractivity contribution in [3.05, 3.63) is 40.5 Å². The number of nitro groups is 2. The van der Waals surface area contributed by atoms with Crippen LogP contribution >= 0.6 is 46.6 Å². The third kappa shape index (κ3) is 4.17. The molecule has 0 radical (unpaired) electrons. The zero-order chi connectivity index (χ0) is 12.9. The molecule has 0 spiro atoms. The van der Waals surface area contributed by atoms with Gasteiger partial charge in [0.05, 0.1) is 9.85 Å². The molecular formula is C6H5Cl3N2O4S. The maximum atomic E-state index is 10.6. The molecular weight excluding hydrogens is 303 g/mol. The number of nitrogens with zero attached hydrogens (tertiary/aromatic N) is 2. The summed E-state index contributed by atoms with van der Waals surface area (Å²) in [6.07, 6.45) is 0. The molecule has 0 atom stereocenters. The largest absolute Gasteiger partial charge is 0.362 e. The number of hydrogen-bond acceptors (Lipinski definition) is 5. The molecule has 0 saturated carbocycles. The quantitative estimate of drug-likeness (QED) is 0.336. The van der Waals surface area contributed by atoms with Crippen molar-refractivity contribution in [2.45, 2.75) is 6.92 Å². The molecule has 0 aliphatic rings. The fraction of sp³-hybridized carbons (Fsp3) is 0.333. The minimum Gasteiger partial charge on any atom is -0.258 e. The van der Waals surface area contributed by atoms with Gasteiger partial charge in [-0.2, -0.15) is 0 Å². The van der Waals surface area contributed by atoms with Crippen molar-refractivity contribution in [3.63, 3.8) is 0 Å². The number of halogens is 3. The van der Waals surface area contributed by atoms with Crippen LogP contribution in [0.4, 0.5) is 0 Å². The van der Waals surface area contributed by atoms with Crippen LogP contribution in [0.15, 0.2) is 20.2 Å². The average Bonchev–Trinajstić information content (AvgIpc) is 2.16. The Morgan fingerprint density at radius 2 is 1.69 bits per heavy atom. The molecule has 0 N–H and O–H groups in total. The summed E-state index contributed by atoms with van der Waals surface area (Å²) in [7, 11) is 0. The van der Waals surface area contributed by atoms with Crippen molar-refractivity contribution in [2.24, 2.45) is 0 Å². The topological polar surface area (TPSA) is 86.3 Å². The summed E-state index contributed by atoms with van der Waals surface area (Å²) >= 11 is 17.1. The SMILES string of the molecule is CCS/C(Cl)=C(\C(Cl)=C(\Cl)[N+](=O)[O-])[N+](=O)[O-]. The standard InChI is InChI=1S/C6H5Cl3N2O4S/c1-2-16-6(9)4(10(12)13)3(7)5(8)11(14)15/h2H2,1H3/b5-3+,6-4+. The van der Waals surface area contributed by atoms with E-state index in [1.807, 2.05) is 0 Å². The molecule has 0 aromatic rings. The summed E-state index contributed by atoms with van der Waals surface area (Å²) in [5, 5.41) is 19.1. The summed E-state index contributed by atoms with van der Waals surface area (Å²) in [5.74, 6) is 0.455. The van der Waals surface area contributed by atoms with Gasteiger partial charge in [0.25, 0.3) is 0 Å². The summed E-state index contributed by atoms with van der Waals surface area (Å²) in [5.41, 5.74) is -0.767. The maximum Gasteiger partial charge on any atom is 0.362 e. The van der Waals surface area contributed by atoms with Crippen molar-refractivity contribution in [3.8, 4) is 0 Å². The minimum atomic E-state index is -1.04. The molecule has 0 aromatic heterocycles. The van der Waals surface area contributed by atoms with Gasteiger partial charge in [-0.3, -0.25) is 20.2 Å². The second-order valence-electron chi connectivity index (χ2n) is 2.17. The molecule has 0 aliphatic heterocycles. The minimum absolute atomic E-state index is 0.252. The Morgan fingerprint density at radius 1 is 1.19 bits per heavy atom. The fourth-order valence-electron chi connectivity index (χ4n) is 0.611. The second kappa shape index (κ2) is 6.95. The highest BCUT2D eigenvalue weighted by Crippen LogP contribution is 2.32. The Bertz CT molecular complexity index is 382. The predicted molar refractivity (Wildman–Crippen MR) is 63.7 cm³/mol. The van der Waals surface area contributed by atoms with Crippen LogP contribution in [0, 0.1) is 20.2 Å². The van der Waals surface area contributed by atoms with E-state index in [0.29, 0.717) is 5.75 Å². The highest BCUT2D eigenvalue weighted by Gasteiger charge is 2.30. The van der Waals surface area contributed by atoms with Gasteiger partial charge in [0.15, 0.2) is 4.36 Å². The van der Waals surface area contributed by atoms with Gasteiger partial charge < -0.3 is 0 Å². The van der Waals surface area contributed by atoms with Crippen molar-refractivity contribution < 1.29 is 9.85 Å². The van der Waals surface area contributed by atoms with Gasteiger partial charge in [0, 0.05) is 0 Å². The first-order valence-electron chi connectivity index (χ1n) is 3.69. The number of thioether (sulfide) groups is 1. The summed E-state index contributed by atoms with van der Waals surface area (Å²) < 4.78 is -0.252. The number of hydrogen-bond donors (Lipinski definition) is 0. The predicted octanol–water partition coefficient (Wildman–Crippen LogP) is 3.35. The lowest BCUT2D eigenvalue weighted by atomic mass is 10.5. The van der Waals surface area contributed by atoms with Crippen molar-refractivity contribution in [1.82, 2.24) is 0 Å².